The molecule has 1 N–H and O–H groups in total. The van der Waals surface area contributed by atoms with E-state index in [4.69, 9.17) is 12.2 Å². The smallest absolute Gasteiger partial charge is 0.193 e. The Morgan fingerprint density at radius 2 is 1.85 bits per heavy atom. The average molecular weight is 284 g/mol. The number of rotatable bonds is 3. The molecule has 2 rings (SSSR count). The quantitative estimate of drug-likeness (QED) is 0.534. The first-order chi connectivity index (χ1) is 9.68. The van der Waals surface area contributed by atoms with E-state index in [9.17, 15) is 0 Å². The number of nitrogens with one attached hydrogen (secondary N) is 1. The number of thiocarbonyl (C=S) groups is 1. The second kappa shape index (κ2) is 6.77. The number of para-hydroxylation sites is 1. The summed E-state index contributed by atoms with van der Waals surface area (Å²) in [5.41, 5.74) is 5.51. The number of hydrazone groups is 1. The van der Waals surface area contributed by atoms with E-state index in [1.54, 1.807) is 6.20 Å². The lowest BCUT2D eigenvalue weighted by atomic mass is 10.3. The van der Waals surface area contributed by atoms with Gasteiger partial charge in [0.15, 0.2) is 5.11 Å². The Labute approximate surface area is 124 Å². The minimum atomic E-state index is 0.534. The maximum Gasteiger partial charge on any atom is 0.193 e. The van der Waals surface area contributed by atoms with Crippen molar-refractivity contribution in [2.45, 2.75) is 6.92 Å². The van der Waals surface area contributed by atoms with E-state index in [1.165, 1.54) is 0 Å². The van der Waals surface area contributed by atoms with Crippen LogP contribution in [-0.4, -0.2) is 22.9 Å². The van der Waals surface area contributed by atoms with Crippen molar-refractivity contribution in [2.75, 3.05) is 11.9 Å². The van der Waals surface area contributed by atoms with E-state index >= 15 is 0 Å². The second-order valence-corrected chi connectivity index (χ2v) is 4.61. The van der Waals surface area contributed by atoms with Crippen LogP contribution in [0.3, 0.4) is 0 Å². The summed E-state index contributed by atoms with van der Waals surface area (Å²) >= 11 is 5.31. The molecule has 0 spiro atoms. The maximum atomic E-state index is 5.31. The molecule has 1 aromatic heterocycles. The van der Waals surface area contributed by atoms with Gasteiger partial charge in [0.1, 0.15) is 0 Å². The van der Waals surface area contributed by atoms with Crippen molar-refractivity contribution in [3.63, 3.8) is 0 Å². The Balaban J connectivity index is 2.02. The van der Waals surface area contributed by atoms with Gasteiger partial charge in [-0.1, -0.05) is 24.3 Å². The van der Waals surface area contributed by atoms with Crippen LogP contribution in [-0.2, 0) is 0 Å². The van der Waals surface area contributed by atoms with Gasteiger partial charge in [-0.3, -0.25) is 10.4 Å². The molecule has 5 heteroatoms. The number of anilines is 1. The van der Waals surface area contributed by atoms with Crippen LogP contribution < -0.4 is 10.3 Å². The van der Waals surface area contributed by atoms with Gasteiger partial charge in [0.05, 0.1) is 11.4 Å². The second-order valence-electron chi connectivity index (χ2n) is 4.22. The van der Waals surface area contributed by atoms with Crippen LogP contribution in [0, 0.1) is 0 Å². The Kier molecular flexibility index (Phi) is 4.79. The summed E-state index contributed by atoms with van der Waals surface area (Å²) in [7, 11) is 1.90. The van der Waals surface area contributed by atoms with Crippen LogP contribution in [0.4, 0.5) is 5.69 Å². The fourth-order valence-electron chi connectivity index (χ4n) is 1.61. The highest BCUT2D eigenvalue weighted by atomic mass is 32.1. The Hall–Kier alpha value is -2.27. The van der Waals surface area contributed by atoms with E-state index in [2.05, 4.69) is 15.5 Å². The van der Waals surface area contributed by atoms with Gasteiger partial charge in [0.25, 0.3) is 0 Å². The molecule has 0 saturated heterocycles. The number of hydrogen-bond acceptors (Lipinski definition) is 3. The SMILES string of the molecule is C/C(=N\NC(=S)N(C)c1ccccc1)c1ccccn1. The third-order valence-corrected chi connectivity index (χ3v) is 3.17. The van der Waals surface area contributed by atoms with Gasteiger partial charge in [-0.15, -0.1) is 0 Å². The van der Waals surface area contributed by atoms with Gasteiger partial charge in [-0.05, 0) is 43.4 Å². The van der Waals surface area contributed by atoms with Gasteiger partial charge >= 0.3 is 0 Å². The summed E-state index contributed by atoms with van der Waals surface area (Å²) in [5.74, 6) is 0. The Bertz CT molecular complexity index is 596. The molecule has 0 amide bonds. The third-order valence-electron chi connectivity index (χ3n) is 2.80. The largest absolute Gasteiger partial charge is 0.321 e. The molecule has 0 aliphatic carbocycles. The summed E-state index contributed by atoms with van der Waals surface area (Å²) < 4.78 is 0. The van der Waals surface area contributed by atoms with Crippen molar-refractivity contribution < 1.29 is 0 Å². The van der Waals surface area contributed by atoms with Crippen LogP contribution in [0.5, 0.6) is 0 Å². The van der Waals surface area contributed by atoms with Crippen molar-refractivity contribution >= 4 is 28.7 Å². The average Bonchev–Trinajstić information content (AvgIpc) is 2.53. The summed E-state index contributed by atoms with van der Waals surface area (Å²) in [6.45, 7) is 1.89. The molecule has 1 heterocycles. The predicted octanol–water partition coefficient (Wildman–Crippen LogP) is 2.82. The Morgan fingerprint density at radius 3 is 2.50 bits per heavy atom. The molecule has 20 heavy (non-hydrogen) atoms. The predicted molar refractivity (Wildman–Crippen MR) is 87.0 cm³/mol. The molecule has 102 valence electrons. The zero-order valence-electron chi connectivity index (χ0n) is 11.4. The summed E-state index contributed by atoms with van der Waals surface area (Å²) in [4.78, 5) is 6.10. The highest BCUT2D eigenvalue weighted by Crippen LogP contribution is 2.10. The topological polar surface area (TPSA) is 40.5 Å². The molecule has 0 aliphatic heterocycles. The fourth-order valence-corrected chi connectivity index (χ4v) is 1.76. The molecule has 0 aliphatic rings. The van der Waals surface area contributed by atoms with Crippen molar-refractivity contribution in [2.24, 2.45) is 5.10 Å². The lowest BCUT2D eigenvalue weighted by molar-refractivity contribution is 1.000. The summed E-state index contributed by atoms with van der Waals surface area (Å²) in [6.07, 6.45) is 1.74. The first-order valence-electron chi connectivity index (χ1n) is 6.23. The first kappa shape index (κ1) is 14.1. The van der Waals surface area contributed by atoms with Gasteiger partial charge in [-0.25, -0.2) is 0 Å². The van der Waals surface area contributed by atoms with E-state index in [0.717, 1.165) is 17.1 Å². The molecule has 0 fully saturated rings. The third kappa shape index (κ3) is 3.61. The molecule has 4 nitrogen and oxygen atoms in total. The number of benzene rings is 1. The van der Waals surface area contributed by atoms with Crippen molar-refractivity contribution in [1.82, 2.24) is 10.4 Å². The van der Waals surface area contributed by atoms with Crippen molar-refractivity contribution in [3.05, 3.63) is 60.4 Å². The lowest BCUT2D eigenvalue weighted by Gasteiger charge is -2.19. The highest BCUT2D eigenvalue weighted by molar-refractivity contribution is 7.80. The molecular weight excluding hydrogens is 268 g/mol. The van der Waals surface area contributed by atoms with Crippen LogP contribution in [0.15, 0.2) is 59.8 Å². The molecule has 0 saturated carbocycles. The van der Waals surface area contributed by atoms with Crippen molar-refractivity contribution in [1.29, 1.82) is 0 Å². The zero-order chi connectivity index (χ0) is 14.4. The lowest BCUT2D eigenvalue weighted by Crippen LogP contribution is -2.34. The van der Waals surface area contributed by atoms with Crippen LogP contribution in [0.1, 0.15) is 12.6 Å². The fraction of sp³-hybridized carbons (Fsp3) is 0.133. The number of nitrogens with zero attached hydrogens (tertiary/aromatic N) is 3. The molecule has 0 unspecified atom stereocenters. The monoisotopic (exact) mass is 284 g/mol. The van der Waals surface area contributed by atoms with Crippen LogP contribution >= 0.6 is 12.2 Å². The first-order valence-corrected chi connectivity index (χ1v) is 6.64. The summed E-state index contributed by atoms with van der Waals surface area (Å²) in [5, 5.41) is 4.80. The van der Waals surface area contributed by atoms with Gasteiger partial charge in [0, 0.05) is 18.9 Å². The minimum Gasteiger partial charge on any atom is -0.321 e. The number of aromatic nitrogens is 1. The number of pyridine rings is 1. The zero-order valence-corrected chi connectivity index (χ0v) is 12.3. The molecule has 2 aromatic rings. The maximum absolute atomic E-state index is 5.31. The number of hydrogen-bond donors (Lipinski definition) is 1. The molecule has 1 aromatic carbocycles. The van der Waals surface area contributed by atoms with E-state index in [1.807, 2.05) is 67.4 Å². The van der Waals surface area contributed by atoms with E-state index < -0.39 is 0 Å². The molecule has 0 atom stereocenters. The minimum absolute atomic E-state index is 0.534. The van der Waals surface area contributed by atoms with Crippen LogP contribution in [0.25, 0.3) is 0 Å². The van der Waals surface area contributed by atoms with E-state index in [-0.39, 0.29) is 0 Å². The van der Waals surface area contributed by atoms with Gasteiger partial charge in [0.2, 0.25) is 0 Å². The standard InChI is InChI=1S/C15H16N4S/c1-12(14-10-6-7-11-16-14)17-18-15(20)19(2)13-8-4-3-5-9-13/h3-11H,1-2H3,(H,18,20)/b17-12+. The highest BCUT2D eigenvalue weighted by Gasteiger charge is 2.05. The molecule has 0 radical (unpaired) electrons. The van der Waals surface area contributed by atoms with Crippen molar-refractivity contribution in [3.8, 4) is 0 Å². The van der Waals surface area contributed by atoms with Gasteiger partial charge < -0.3 is 4.90 Å². The summed E-state index contributed by atoms with van der Waals surface area (Å²) in [6, 6.07) is 15.6. The van der Waals surface area contributed by atoms with Crippen LogP contribution in [0.2, 0.25) is 0 Å². The Morgan fingerprint density at radius 1 is 1.15 bits per heavy atom. The van der Waals surface area contributed by atoms with Gasteiger partial charge in [-0.2, -0.15) is 5.10 Å². The van der Waals surface area contributed by atoms with E-state index in [0.29, 0.717) is 5.11 Å². The molecular formula is C15H16N4S. The molecule has 0 bridgehead atoms. The normalized spacial score (nSPS) is 11.0.